The zero-order valence-corrected chi connectivity index (χ0v) is 10.4. The molecular weight excluding hydrogens is 204 g/mol. The van der Waals surface area contributed by atoms with Gasteiger partial charge in [0.2, 0.25) is 5.96 Å². The van der Waals surface area contributed by atoms with Crippen LogP contribution in [0.2, 0.25) is 0 Å². The summed E-state index contributed by atoms with van der Waals surface area (Å²) in [5.74, 6) is 6.20. The first-order valence-electron chi connectivity index (χ1n) is 6.11. The van der Waals surface area contributed by atoms with Crippen LogP contribution < -0.4 is 11.3 Å². The Bertz CT molecular complexity index is 214. The van der Waals surface area contributed by atoms with Crippen molar-refractivity contribution in [2.24, 2.45) is 10.8 Å². The lowest BCUT2D eigenvalue weighted by molar-refractivity contribution is 0.00675. The van der Waals surface area contributed by atoms with Gasteiger partial charge in [0.25, 0.3) is 0 Å². The molecule has 0 amide bonds. The van der Waals surface area contributed by atoms with Crippen LogP contribution >= 0.6 is 0 Å². The number of hydrazine groups is 1. The minimum absolute atomic E-state index is 0.318. The molecule has 0 aromatic carbocycles. The summed E-state index contributed by atoms with van der Waals surface area (Å²) in [6.07, 6.45) is 4.93. The number of aliphatic imine (C=N–C) groups is 1. The SMILES string of the molecule is CCCN=C(NN)N(C)CC1CCCCO1. The van der Waals surface area contributed by atoms with E-state index >= 15 is 0 Å². The maximum absolute atomic E-state index is 5.68. The summed E-state index contributed by atoms with van der Waals surface area (Å²) < 4.78 is 5.68. The highest BCUT2D eigenvalue weighted by atomic mass is 16.5. The van der Waals surface area contributed by atoms with Gasteiger partial charge in [-0.2, -0.15) is 0 Å². The molecule has 1 aliphatic heterocycles. The van der Waals surface area contributed by atoms with Gasteiger partial charge in [0, 0.05) is 26.7 Å². The molecule has 1 aliphatic rings. The largest absolute Gasteiger partial charge is 0.376 e. The number of guanidine groups is 1. The van der Waals surface area contributed by atoms with Crippen LogP contribution in [0.25, 0.3) is 0 Å². The lowest BCUT2D eigenvalue weighted by Gasteiger charge is -2.28. The van der Waals surface area contributed by atoms with Crippen molar-refractivity contribution in [3.63, 3.8) is 0 Å². The van der Waals surface area contributed by atoms with E-state index in [1.165, 1.54) is 12.8 Å². The van der Waals surface area contributed by atoms with Gasteiger partial charge >= 0.3 is 0 Å². The van der Waals surface area contributed by atoms with Crippen LogP contribution in [0, 0.1) is 0 Å². The molecule has 1 rings (SSSR count). The smallest absolute Gasteiger partial charge is 0.208 e. The van der Waals surface area contributed by atoms with Crippen LogP contribution in [0.3, 0.4) is 0 Å². The van der Waals surface area contributed by atoms with E-state index in [-0.39, 0.29) is 0 Å². The molecule has 94 valence electrons. The van der Waals surface area contributed by atoms with E-state index in [2.05, 4.69) is 17.3 Å². The molecule has 0 radical (unpaired) electrons. The fraction of sp³-hybridized carbons (Fsp3) is 0.909. The van der Waals surface area contributed by atoms with E-state index in [0.29, 0.717) is 6.10 Å². The van der Waals surface area contributed by atoms with Crippen molar-refractivity contribution in [2.45, 2.75) is 38.7 Å². The van der Waals surface area contributed by atoms with Gasteiger partial charge in [0.1, 0.15) is 0 Å². The van der Waals surface area contributed by atoms with E-state index in [1.807, 2.05) is 11.9 Å². The molecule has 5 nitrogen and oxygen atoms in total. The number of nitrogens with zero attached hydrogens (tertiary/aromatic N) is 2. The monoisotopic (exact) mass is 228 g/mol. The lowest BCUT2D eigenvalue weighted by atomic mass is 10.1. The molecule has 3 N–H and O–H groups in total. The van der Waals surface area contributed by atoms with Crippen LogP contribution in [-0.2, 0) is 4.74 Å². The summed E-state index contributed by atoms with van der Waals surface area (Å²) in [4.78, 5) is 6.41. The molecule has 1 saturated heterocycles. The maximum Gasteiger partial charge on any atom is 0.208 e. The molecule has 1 fully saturated rings. The maximum atomic E-state index is 5.68. The van der Waals surface area contributed by atoms with Crippen LogP contribution in [0.5, 0.6) is 0 Å². The molecule has 0 aromatic rings. The van der Waals surface area contributed by atoms with Crippen molar-refractivity contribution in [1.29, 1.82) is 0 Å². The number of hydrogen-bond acceptors (Lipinski definition) is 3. The Morgan fingerprint density at radius 2 is 2.38 bits per heavy atom. The second kappa shape index (κ2) is 7.46. The summed E-state index contributed by atoms with van der Waals surface area (Å²) in [5, 5.41) is 0. The van der Waals surface area contributed by atoms with Crippen molar-refractivity contribution in [1.82, 2.24) is 10.3 Å². The van der Waals surface area contributed by atoms with Crippen LogP contribution in [-0.4, -0.2) is 43.7 Å². The van der Waals surface area contributed by atoms with Crippen molar-refractivity contribution >= 4 is 5.96 Å². The minimum Gasteiger partial charge on any atom is -0.376 e. The number of hydrogen-bond donors (Lipinski definition) is 2. The number of likely N-dealkylation sites (N-methyl/N-ethyl adjacent to an activating group) is 1. The molecule has 0 aromatic heterocycles. The fourth-order valence-electron chi connectivity index (χ4n) is 1.84. The van der Waals surface area contributed by atoms with Gasteiger partial charge in [-0.25, -0.2) is 5.84 Å². The topological polar surface area (TPSA) is 62.9 Å². The highest BCUT2D eigenvalue weighted by molar-refractivity contribution is 5.79. The predicted molar refractivity (Wildman–Crippen MR) is 66.1 cm³/mol. The number of ether oxygens (including phenoxy) is 1. The van der Waals surface area contributed by atoms with Crippen molar-refractivity contribution in [3.05, 3.63) is 0 Å². The molecule has 0 spiro atoms. The van der Waals surface area contributed by atoms with Crippen molar-refractivity contribution < 1.29 is 4.74 Å². The molecular formula is C11H24N4O. The standard InChI is InChI=1S/C11H24N4O/c1-3-7-13-11(14-12)15(2)9-10-6-4-5-8-16-10/h10H,3-9,12H2,1-2H3,(H,13,14). The third kappa shape index (κ3) is 4.37. The first-order chi connectivity index (χ1) is 7.77. The van der Waals surface area contributed by atoms with Gasteiger partial charge in [-0.15, -0.1) is 0 Å². The highest BCUT2D eigenvalue weighted by Gasteiger charge is 2.17. The normalized spacial score (nSPS) is 21.9. The summed E-state index contributed by atoms with van der Waals surface area (Å²) in [6.45, 7) is 4.64. The molecule has 1 heterocycles. The highest BCUT2D eigenvalue weighted by Crippen LogP contribution is 2.13. The van der Waals surface area contributed by atoms with Gasteiger partial charge in [-0.1, -0.05) is 6.92 Å². The van der Waals surface area contributed by atoms with E-state index in [9.17, 15) is 0 Å². The Balaban J connectivity index is 2.38. The van der Waals surface area contributed by atoms with E-state index in [4.69, 9.17) is 10.6 Å². The minimum atomic E-state index is 0.318. The molecule has 5 heteroatoms. The molecule has 0 saturated carbocycles. The van der Waals surface area contributed by atoms with Gasteiger partial charge in [0.15, 0.2) is 0 Å². The molecule has 1 atom stereocenters. The average Bonchev–Trinajstić information content (AvgIpc) is 2.31. The van der Waals surface area contributed by atoms with Gasteiger partial charge in [-0.05, 0) is 25.7 Å². The second-order valence-electron chi connectivity index (χ2n) is 4.22. The summed E-state index contributed by atoms with van der Waals surface area (Å²) >= 11 is 0. The zero-order chi connectivity index (χ0) is 11.8. The van der Waals surface area contributed by atoms with E-state index in [1.54, 1.807) is 0 Å². The number of nitrogens with two attached hydrogens (primary N) is 1. The van der Waals surface area contributed by atoms with Gasteiger partial charge in [-0.3, -0.25) is 10.4 Å². The Hall–Kier alpha value is -0.810. The van der Waals surface area contributed by atoms with Crippen LogP contribution in [0.15, 0.2) is 4.99 Å². The number of rotatable bonds is 4. The Kier molecular flexibility index (Phi) is 6.18. The van der Waals surface area contributed by atoms with Gasteiger partial charge < -0.3 is 9.64 Å². The molecule has 0 bridgehead atoms. The molecule has 1 unspecified atom stereocenters. The number of nitrogens with one attached hydrogen (secondary N) is 1. The summed E-state index contributed by atoms with van der Waals surface area (Å²) in [5.41, 5.74) is 2.65. The molecule has 16 heavy (non-hydrogen) atoms. The Morgan fingerprint density at radius 3 is 2.94 bits per heavy atom. The zero-order valence-electron chi connectivity index (χ0n) is 10.4. The van der Waals surface area contributed by atoms with Crippen LogP contribution in [0.1, 0.15) is 32.6 Å². The molecule has 0 aliphatic carbocycles. The lowest BCUT2D eigenvalue weighted by Crippen LogP contribution is -2.46. The van der Waals surface area contributed by atoms with Crippen molar-refractivity contribution in [3.8, 4) is 0 Å². The fourth-order valence-corrected chi connectivity index (χ4v) is 1.84. The van der Waals surface area contributed by atoms with Gasteiger partial charge in [0.05, 0.1) is 6.10 Å². The Morgan fingerprint density at radius 1 is 1.56 bits per heavy atom. The summed E-state index contributed by atoms with van der Waals surface area (Å²) in [6, 6.07) is 0. The third-order valence-corrected chi connectivity index (χ3v) is 2.73. The first-order valence-corrected chi connectivity index (χ1v) is 6.11. The average molecular weight is 228 g/mol. The third-order valence-electron chi connectivity index (χ3n) is 2.73. The van der Waals surface area contributed by atoms with E-state index < -0.39 is 0 Å². The predicted octanol–water partition coefficient (Wildman–Crippen LogP) is 0.717. The van der Waals surface area contributed by atoms with Crippen LogP contribution in [0.4, 0.5) is 0 Å². The van der Waals surface area contributed by atoms with Crippen molar-refractivity contribution in [2.75, 3.05) is 26.7 Å². The van der Waals surface area contributed by atoms with E-state index in [0.717, 1.165) is 38.5 Å². The second-order valence-corrected chi connectivity index (χ2v) is 4.22. The Labute approximate surface area is 98.0 Å². The first kappa shape index (κ1) is 13.3. The summed E-state index contributed by atoms with van der Waals surface area (Å²) in [7, 11) is 1.99. The quantitative estimate of drug-likeness (QED) is 0.322.